The molecule has 3 fully saturated rings. The van der Waals surface area contributed by atoms with E-state index in [9.17, 15) is 75.7 Å². The van der Waals surface area contributed by atoms with E-state index >= 15 is 0 Å². The molecule has 0 unspecified atom stereocenters. The van der Waals surface area contributed by atoms with Crippen molar-refractivity contribution in [1.29, 1.82) is 0 Å². The third-order valence-corrected chi connectivity index (χ3v) is 13.6. The molecule has 0 bridgehead atoms. The van der Waals surface area contributed by atoms with Crippen LogP contribution < -0.4 is 10.6 Å². The zero-order chi connectivity index (χ0) is 69.3. The fourth-order valence-corrected chi connectivity index (χ4v) is 8.33. The van der Waals surface area contributed by atoms with Gasteiger partial charge >= 0.3 is 12.1 Å². The van der Waals surface area contributed by atoms with Crippen LogP contribution >= 0.6 is 0 Å². The predicted octanol–water partition coefficient (Wildman–Crippen LogP) is -8.82. The lowest BCUT2D eigenvalue weighted by atomic mass is 9.99. The van der Waals surface area contributed by atoms with Gasteiger partial charge in [-0.3, -0.25) is 29.2 Å². The van der Waals surface area contributed by atoms with E-state index in [-0.39, 0.29) is 185 Å². The lowest BCUT2D eigenvalue weighted by Gasteiger charge is -2.39. The number of esters is 1. The van der Waals surface area contributed by atoms with Gasteiger partial charge < -0.3 is 161 Å². The van der Waals surface area contributed by atoms with Crippen molar-refractivity contribution in [3.8, 4) is 0 Å². The molecule has 39 nitrogen and oxygen atoms in total. The molecule has 3 heterocycles. The van der Waals surface area contributed by atoms with Gasteiger partial charge in [-0.1, -0.05) is 0 Å². The standard InChI is InChI=1S/C56H104N2O37/c1-74-43(64)5-3-2-4-41(62)57-32-42(63)58-56(91-36-85-22-20-79-10-8-76-13-17-82-25-29-88-54-51(72)48(69)45(66)39(34-60)94-54,92-37-86-23-21-80-11-9-77-14-18-83-26-30-89-55-52(73)49(70)46(67)40(35-61)95-55)90-31-27-84-19-15-78-7-6-75-12-16-81-24-28-87-53-50(71)47(68)44(65)38(33-59)93-53/h38-40,44-55,59-61,65-73H,2-37H2,1H3,(H,57,62)(H,58,63)/t38-,39-,40-,44+,45+,46+,47+,48+,49+,50-,51-,52-,53-,54-,55-/m1/s1. The van der Waals surface area contributed by atoms with E-state index in [2.05, 4.69) is 15.4 Å². The molecule has 2 amide bonds. The molecule has 15 atom stereocenters. The Kier molecular flexibility index (Phi) is 49.0. The van der Waals surface area contributed by atoms with E-state index in [1.807, 2.05) is 0 Å². The highest BCUT2D eigenvalue weighted by Gasteiger charge is 2.46. The summed E-state index contributed by atoms with van der Waals surface area (Å²) in [6.07, 6.45) is -22.4. The molecule has 0 aliphatic carbocycles. The molecule has 3 aliphatic heterocycles. The molecular weight excluding hydrogens is 1290 g/mol. The Bertz CT molecular complexity index is 1830. The van der Waals surface area contributed by atoms with Crippen molar-refractivity contribution in [2.45, 2.75) is 124 Å². The third kappa shape index (κ3) is 36.8. The molecule has 95 heavy (non-hydrogen) atoms. The Morgan fingerprint density at radius 1 is 0.347 bits per heavy atom. The van der Waals surface area contributed by atoms with Crippen LogP contribution in [0.1, 0.15) is 25.7 Å². The van der Waals surface area contributed by atoms with E-state index in [1.54, 1.807) is 0 Å². The normalized spacial score (nSPS) is 26.4. The molecule has 560 valence electrons. The highest BCUT2D eigenvalue weighted by molar-refractivity contribution is 5.84. The van der Waals surface area contributed by atoms with Gasteiger partial charge in [-0.05, 0) is 12.8 Å². The van der Waals surface area contributed by atoms with Crippen molar-refractivity contribution in [2.75, 3.05) is 219 Å². The molecule has 3 rings (SSSR count). The molecule has 0 radical (unpaired) electrons. The van der Waals surface area contributed by atoms with Crippen LogP contribution in [0.25, 0.3) is 0 Å². The van der Waals surface area contributed by atoms with Gasteiger partial charge in [0, 0.05) is 12.8 Å². The van der Waals surface area contributed by atoms with Gasteiger partial charge in [0.1, 0.15) is 73.2 Å². The van der Waals surface area contributed by atoms with Crippen molar-refractivity contribution in [2.24, 2.45) is 0 Å². The van der Waals surface area contributed by atoms with Gasteiger partial charge in [0.15, 0.2) is 32.5 Å². The van der Waals surface area contributed by atoms with Crippen molar-refractivity contribution in [1.82, 2.24) is 10.6 Å². The summed E-state index contributed by atoms with van der Waals surface area (Å²) in [5, 5.41) is 123. The summed E-state index contributed by atoms with van der Waals surface area (Å²) in [5.74, 6) is -1.72. The number of hydrogen-bond donors (Lipinski definition) is 14. The van der Waals surface area contributed by atoms with E-state index < -0.39 is 156 Å². The third-order valence-electron chi connectivity index (χ3n) is 13.6. The van der Waals surface area contributed by atoms with Gasteiger partial charge in [-0.2, -0.15) is 0 Å². The Balaban J connectivity index is 1.42. The van der Waals surface area contributed by atoms with Crippen LogP contribution in [-0.4, -0.2) is 396 Å². The lowest BCUT2D eigenvalue weighted by molar-refractivity contribution is -0.424. The monoisotopic (exact) mass is 1400 g/mol. The highest BCUT2D eigenvalue weighted by Crippen LogP contribution is 2.24. The first-order valence-electron chi connectivity index (χ1n) is 31.3. The fourth-order valence-electron chi connectivity index (χ4n) is 8.33. The molecule has 0 aromatic heterocycles. The molecule has 0 aromatic carbocycles. The summed E-state index contributed by atoms with van der Waals surface area (Å²) in [4.78, 5) is 37.5. The average molecular weight is 1400 g/mol. The second-order valence-electron chi connectivity index (χ2n) is 20.7. The van der Waals surface area contributed by atoms with Crippen molar-refractivity contribution in [3.05, 3.63) is 0 Å². The number of amides is 2. The first-order valence-corrected chi connectivity index (χ1v) is 31.3. The topological polar surface area (TPSA) is 521 Å². The largest absolute Gasteiger partial charge is 0.469 e. The summed E-state index contributed by atoms with van der Waals surface area (Å²) >= 11 is 0. The van der Waals surface area contributed by atoms with Crippen LogP contribution in [0.3, 0.4) is 0 Å². The van der Waals surface area contributed by atoms with Crippen molar-refractivity contribution >= 4 is 17.8 Å². The van der Waals surface area contributed by atoms with Gasteiger partial charge in [-0.15, -0.1) is 0 Å². The quantitative estimate of drug-likeness (QED) is 0.0153. The number of carbonyl (C=O) groups is 3. The first kappa shape index (κ1) is 86.3. The molecular formula is C56H104N2O37. The summed E-state index contributed by atoms with van der Waals surface area (Å²) in [6, 6.07) is 0. The number of methoxy groups -OCH3 is 1. The molecule has 0 aromatic rings. The maximum absolute atomic E-state index is 13.4. The number of nitrogens with one attached hydrogen (secondary N) is 2. The van der Waals surface area contributed by atoms with E-state index in [0.29, 0.717) is 12.8 Å². The number of aliphatic hydroxyl groups excluding tert-OH is 12. The Hall–Kier alpha value is -2.91. The SMILES string of the molecule is COC(=O)CCCCC(=O)NCC(=O)NC(OCCOCCOCCOCCOCCO[C@@H]1O[C@H](CO)[C@H](O)[C@H](O)[C@H]1O)(OCOCCOCCOCCOCCO[C@@H]1O[C@H](CO)[C@H](O)[C@H](O)[C@H]1O)OCOCCOCCOCCOCCO[C@@H]1O[C@H](CO)[C@H](O)[C@H](O)[C@H]1O. The smallest absolute Gasteiger partial charge is 0.381 e. The number of aliphatic hydroxyl groups is 12. The zero-order valence-corrected chi connectivity index (χ0v) is 53.7. The summed E-state index contributed by atoms with van der Waals surface area (Å²) in [6.45, 7) is -0.802. The van der Waals surface area contributed by atoms with Crippen LogP contribution in [-0.2, 0) is 119 Å². The number of unbranched alkanes of at least 4 members (excludes halogenated alkanes) is 1. The minimum atomic E-state index is -2.40. The number of ether oxygens (including phenoxy) is 22. The minimum absolute atomic E-state index is 0.0112. The van der Waals surface area contributed by atoms with Crippen LogP contribution in [0, 0.1) is 0 Å². The molecule has 3 aliphatic rings. The summed E-state index contributed by atoms with van der Waals surface area (Å²) in [7, 11) is 1.26. The fraction of sp³-hybridized carbons (Fsp3) is 0.946. The molecule has 14 N–H and O–H groups in total. The Morgan fingerprint density at radius 3 is 0.937 bits per heavy atom. The molecule has 3 saturated heterocycles. The van der Waals surface area contributed by atoms with Crippen LogP contribution in [0.5, 0.6) is 0 Å². The van der Waals surface area contributed by atoms with Crippen molar-refractivity contribution in [3.63, 3.8) is 0 Å². The number of rotatable bonds is 60. The van der Waals surface area contributed by atoms with Gasteiger partial charge in [0.05, 0.1) is 205 Å². The molecule has 0 spiro atoms. The maximum Gasteiger partial charge on any atom is 0.381 e. The van der Waals surface area contributed by atoms with Crippen LogP contribution in [0.2, 0.25) is 0 Å². The van der Waals surface area contributed by atoms with Crippen LogP contribution in [0.4, 0.5) is 0 Å². The molecule has 0 saturated carbocycles. The van der Waals surface area contributed by atoms with E-state index in [4.69, 9.17) is 99.5 Å². The predicted molar refractivity (Wildman–Crippen MR) is 311 cm³/mol. The van der Waals surface area contributed by atoms with Crippen molar-refractivity contribution < 1.29 is 180 Å². The first-order chi connectivity index (χ1) is 46.0. The maximum atomic E-state index is 13.4. The van der Waals surface area contributed by atoms with Gasteiger partial charge in [0.25, 0.3) is 0 Å². The Morgan fingerprint density at radius 2 is 0.632 bits per heavy atom. The number of hydrogen-bond acceptors (Lipinski definition) is 37. The highest BCUT2D eigenvalue weighted by atomic mass is 16.9. The zero-order valence-electron chi connectivity index (χ0n) is 53.7. The average Bonchev–Trinajstić information content (AvgIpc) is 0.880. The Labute approximate surface area is 549 Å². The lowest BCUT2D eigenvalue weighted by Crippen LogP contribution is -2.59. The second kappa shape index (κ2) is 53.9. The van der Waals surface area contributed by atoms with Crippen LogP contribution in [0.15, 0.2) is 0 Å². The second-order valence-corrected chi connectivity index (χ2v) is 20.7. The van der Waals surface area contributed by atoms with E-state index in [0.717, 1.165) is 0 Å². The molecule has 39 heteroatoms. The van der Waals surface area contributed by atoms with E-state index in [1.165, 1.54) is 7.11 Å². The number of carbonyl (C=O) groups excluding carboxylic acids is 3. The van der Waals surface area contributed by atoms with Gasteiger partial charge in [0.2, 0.25) is 11.8 Å². The summed E-state index contributed by atoms with van der Waals surface area (Å²) < 4.78 is 121. The summed E-state index contributed by atoms with van der Waals surface area (Å²) in [5.41, 5.74) is 0. The van der Waals surface area contributed by atoms with Gasteiger partial charge in [-0.25, -0.2) is 0 Å². The minimum Gasteiger partial charge on any atom is -0.469 e.